The first-order valence-electron chi connectivity index (χ1n) is 10.2. The van der Waals surface area contributed by atoms with Crippen LogP contribution < -0.4 is 0 Å². The van der Waals surface area contributed by atoms with Crippen LogP contribution in [0.15, 0.2) is 17.9 Å². The molecule has 156 valence electrons. The second-order valence-electron chi connectivity index (χ2n) is 9.22. The average molecular weight is 413 g/mol. The van der Waals surface area contributed by atoms with E-state index in [-0.39, 0.29) is 11.7 Å². The SMILES string of the molecule is CON1CCC2(CC1)C(O)=C(c1c(C)cc(C#C[Si](C)(C)C)cc1C)C(=O)N2C. The molecule has 6 heteroatoms. The van der Waals surface area contributed by atoms with Crippen LogP contribution in [0.1, 0.15) is 35.1 Å². The normalized spacial score (nSPS) is 19.7. The van der Waals surface area contributed by atoms with Crippen LogP contribution >= 0.6 is 0 Å². The molecule has 0 aliphatic carbocycles. The molecule has 1 aromatic rings. The molecule has 1 N–H and O–H groups in total. The fourth-order valence-electron chi connectivity index (χ4n) is 4.38. The summed E-state index contributed by atoms with van der Waals surface area (Å²) in [5, 5.41) is 13.2. The molecule has 2 aliphatic heterocycles. The predicted molar refractivity (Wildman–Crippen MR) is 119 cm³/mol. The van der Waals surface area contributed by atoms with E-state index in [1.54, 1.807) is 19.1 Å². The van der Waals surface area contributed by atoms with Gasteiger partial charge in [0, 0.05) is 25.7 Å². The predicted octanol–water partition coefficient (Wildman–Crippen LogP) is 3.67. The van der Waals surface area contributed by atoms with Crippen LogP contribution in [0.2, 0.25) is 19.6 Å². The van der Waals surface area contributed by atoms with Gasteiger partial charge in [0.15, 0.2) is 0 Å². The van der Waals surface area contributed by atoms with Gasteiger partial charge in [0.05, 0.1) is 12.7 Å². The van der Waals surface area contributed by atoms with E-state index in [2.05, 4.69) is 31.1 Å². The van der Waals surface area contributed by atoms with Gasteiger partial charge < -0.3 is 14.8 Å². The Balaban J connectivity index is 2.05. The molecule has 0 bridgehead atoms. The van der Waals surface area contributed by atoms with Crippen LogP contribution in [-0.4, -0.2) is 61.8 Å². The number of aliphatic hydroxyl groups is 1. The number of nitrogens with zero attached hydrogens (tertiary/aromatic N) is 2. The molecule has 1 aromatic carbocycles. The summed E-state index contributed by atoms with van der Waals surface area (Å²) in [7, 11) is 1.99. The van der Waals surface area contributed by atoms with Crippen molar-refractivity contribution in [1.29, 1.82) is 0 Å². The molecule has 1 saturated heterocycles. The van der Waals surface area contributed by atoms with Gasteiger partial charge in [0.25, 0.3) is 5.91 Å². The lowest BCUT2D eigenvalue weighted by molar-refractivity contribution is -0.162. The Morgan fingerprint density at radius 1 is 1.14 bits per heavy atom. The Hall–Kier alpha value is -2.07. The molecule has 1 spiro atoms. The van der Waals surface area contributed by atoms with E-state index < -0.39 is 13.6 Å². The monoisotopic (exact) mass is 412 g/mol. The van der Waals surface area contributed by atoms with Gasteiger partial charge in [-0.3, -0.25) is 4.79 Å². The number of hydroxylamine groups is 2. The smallest absolute Gasteiger partial charge is 0.258 e. The summed E-state index contributed by atoms with van der Waals surface area (Å²) in [5.41, 5.74) is 6.95. The van der Waals surface area contributed by atoms with Crippen molar-refractivity contribution in [2.45, 2.75) is 51.9 Å². The summed E-state index contributed by atoms with van der Waals surface area (Å²) >= 11 is 0. The van der Waals surface area contributed by atoms with Crippen molar-refractivity contribution < 1.29 is 14.7 Å². The van der Waals surface area contributed by atoms with Gasteiger partial charge in [-0.15, -0.1) is 5.54 Å². The number of hydrogen-bond donors (Lipinski definition) is 1. The minimum absolute atomic E-state index is 0.111. The lowest BCUT2D eigenvalue weighted by Gasteiger charge is -2.42. The molecule has 5 nitrogen and oxygen atoms in total. The third kappa shape index (κ3) is 3.87. The lowest BCUT2D eigenvalue weighted by Crippen LogP contribution is -2.53. The number of carbonyl (C=O) groups is 1. The summed E-state index contributed by atoms with van der Waals surface area (Å²) in [5.74, 6) is 3.39. The molecule has 2 aliphatic rings. The van der Waals surface area contributed by atoms with Crippen molar-refractivity contribution in [1.82, 2.24) is 9.96 Å². The Kier molecular flexibility index (Phi) is 5.70. The van der Waals surface area contributed by atoms with E-state index in [0.717, 1.165) is 22.3 Å². The minimum atomic E-state index is -1.47. The molecule has 1 amide bonds. The first kappa shape index (κ1) is 21.6. The summed E-state index contributed by atoms with van der Waals surface area (Å²) in [6.07, 6.45) is 1.30. The third-order valence-corrected chi connectivity index (χ3v) is 6.89. The highest BCUT2D eigenvalue weighted by atomic mass is 28.3. The maximum absolute atomic E-state index is 13.2. The number of aliphatic hydroxyl groups excluding tert-OH is 1. The van der Waals surface area contributed by atoms with Crippen LogP contribution in [0, 0.1) is 25.3 Å². The maximum Gasteiger partial charge on any atom is 0.258 e. The van der Waals surface area contributed by atoms with Gasteiger partial charge in [-0.2, -0.15) is 5.06 Å². The van der Waals surface area contributed by atoms with E-state index in [1.165, 1.54) is 0 Å². The van der Waals surface area contributed by atoms with Crippen LogP contribution in [0.4, 0.5) is 0 Å². The number of benzene rings is 1. The molecule has 0 saturated carbocycles. The molecule has 0 unspecified atom stereocenters. The minimum Gasteiger partial charge on any atom is -0.509 e. The van der Waals surface area contributed by atoms with Crippen molar-refractivity contribution in [3.63, 3.8) is 0 Å². The summed E-state index contributed by atoms with van der Waals surface area (Å²) < 4.78 is 0. The van der Waals surface area contributed by atoms with Crippen molar-refractivity contribution in [3.05, 3.63) is 40.1 Å². The molecule has 0 aromatic heterocycles. The molecule has 3 rings (SSSR count). The zero-order valence-electron chi connectivity index (χ0n) is 18.6. The summed E-state index contributed by atoms with van der Waals surface area (Å²) in [4.78, 5) is 20.3. The number of piperidine rings is 1. The molecule has 0 radical (unpaired) electrons. The fraction of sp³-hybridized carbons (Fsp3) is 0.522. The first-order chi connectivity index (χ1) is 13.5. The highest BCUT2D eigenvalue weighted by Gasteiger charge is 2.52. The topological polar surface area (TPSA) is 53.0 Å². The Bertz CT molecular complexity index is 903. The fourth-order valence-corrected chi connectivity index (χ4v) is 4.90. The van der Waals surface area contributed by atoms with Crippen molar-refractivity contribution in [3.8, 4) is 11.5 Å². The standard InChI is InChI=1S/C23H32N2O3Si/c1-16-14-18(8-13-29(5,6)7)15-17(2)19(16)20-21(26)23(24(3)22(20)27)9-11-25(28-4)12-10-23/h14-15,26H,9-12H2,1-7H3. The quantitative estimate of drug-likeness (QED) is 0.595. The lowest BCUT2D eigenvalue weighted by atomic mass is 9.84. The number of carbonyl (C=O) groups excluding carboxylic acids is 1. The van der Waals surface area contributed by atoms with E-state index in [1.807, 2.05) is 31.0 Å². The number of aryl methyl sites for hydroxylation is 2. The van der Waals surface area contributed by atoms with Gasteiger partial charge in [0.1, 0.15) is 19.4 Å². The number of likely N-dealkylation sites (N-methyl/N-ethyl adjacent to an activating group) is 1. The van der Waals surface area contributed by atoms with Gasteiger partial charge in [-0.25, -0.2) is 0 Å². The van der Waals surface area contributed by atoms with E-state index in [0.29, 0.717) is 31.5 Å². The summed E-state index contributed by atoms with van der Waals surface area (Å²) in [6, 6.07) is 4.06. The Labute approximate surface area is 175 Å². The van der Waals surface area contributed by atoms with E-state index >= 15 is 0 Å². The largest absolute Gasteiger partial charge is 0.509 e. The van der Waals surface area contributed by atoms with Crippen LogP contribution in [-0.2, 0) is 9.63 Å². The zero-order valence-corrected chi connectivity index (χ0v) is 19.6. The Morgan fingerprint density at radius 2 is 1.69 bits per heavy atom. The molecule has 29 heavy (non-hydrogen) atoms. The van der Waals surface area contributed by atoms with E-state index in [9.17, 15) is 9.90 Å². The Morgan fingerprint density at radius 3 is 2.17 bits per heavy atom. The molecular weight excluding hydrogens is 380 g/mol. The first-order valence-corrected chi connectivity index (χ1v) is 13.7. The second kappa shape index (κ2) is 7.64. The second-order valence-corrected chi connectivity index (χ2v) is 14.0. The third-order valence-electron chi connectivity index (χ3n) is 6.01. The van der Waals surface area contributed by atoms with Gasteiger partial charge in [-0.05, 0) is 55.5 Å². The zero-order chi connectivity index (χ0) is 21.6. The maximum atomic E-state index is 13.2. The van der Waals surface area contributed by atoms with Crippen molar-refractivity contribution >= 4 is 19.6 Å². The molecular formula is C23H32N2O3Si. The highest BCUT2D eigenvalue weighted by molar-refractivity contribution is 6.83. The molecule has 1 fully saturated rings. The van der Waals surface area contributed by atoms with Gasteiger partial charge in [0.2, 0.25) is 0 Å². The van der Waals surface area contributed by atoms with E-state index in [4.69, 9.17) is 4.84 Å². The van der Waals surface area contributed by atoms with Gasteiger partial charge >= 0.3 is 0 Å². The number of hydrogen-bond acceptors (Lipinski definition) is 4. The highest BCUT2D eigenvalue weighted by Crippen LogP contribution is 2.45. The number of rotatable bonds is 2. The van der Waals surface area contributed by atoms with Crippen molar-refractivity contribution in [2.24, 2.45) is 0 Å². The average Bonchev–Trinajstić information content (AvgIpc) is 2.82. The number of amides is 1. The van der Waals surface area contributed by atoms with Crippen LogP contribution in [0.25, 0.3) is 5.57 Å². The van der Waals surface area contributed by atoms with Crippen LogP contribution in [0.5, 0.6) is 0 Å². The van der Waals surface area contributed by atoms with Crippen molar-refractivity contribution in [2.75, 3.05) is 27.2 Å². The van der Waals surface area contributed by atoms with Gasteiger partial charge in [-0.1, -0.05) is 25.6 Å². The molecule has 0 atom stereocenters. The van der Waals surface area contributed by atoms with Crippen LogP contribution in [0.3, 0.4) is 0 Å². The summed E-state index contributed by atoms with van der Waals surface area (Å²) in [6.45, 7) is 12.0. The molecule has 2 heterocycles.